The smallest absolute Gasteiger partial charge is 0.354 e. The Hall–Kier alpha value is -2.71. The molecular formula is C15H8F6N2O. The third kappa shape index (κ3) is 3.15. The maximum atomic E-state index is 12.8. The van der Waals surface area contributed by atoms with Gasteiger partial charge in [0.05, 0.1) is 16.5 Å². The first-order chi connectivity index (χ1) is 11.1. The molecule has 0 aliphatic rings. The van der Waals surface area contributed by atoms with Crippen molar-refractivity contribution in [3.8, 4) is 0 Å². The number of anilines is 2. The van der Waals surface area contributed by atoms with E-state index in [1.54, 1.807) is 24.3 Å². The van der Waals surface area contributed by atoms with Crippen molar-refractivity contribution in [2.45, 2.75) is 12.4 Å². The van der Waals surface area contributed by atoms with Gasteiger partial charge >= 0.3 is 12.4 Å². The molecule has 0 radical (unpaired) electrons. The highest BCUT2D eigenvalue weighted by molar-refractivity contribution is 5.89. The quantitative estimate of drug-likeness (QED) is 0.613. The number of halogens is 6. The minimum absolute atomic E-state index is 0.0260. The predicted molar refractivity (Wildman–Crippen MR) is 73.7 cm³/mol. The molecule has 1 aromatic heterocycles. The molecule has 0 aliphatic heterocycles. The van der Waals surface area contributed by atoms with E-state index < -0.39 is 29.2 Å². The lowest BCUT2D eigenvalue weighted by molar-refractivity contribution is -0.143. The van der Waals surface area contributed by atoms with Gasteiger partial charge in [-0.05, 0) is 30.3 Å². The summed E-state index contributed by atoms with van der Waals surface area (Å²) in [5.74, 6) is 0.0260. The number of fused-ring (bicyclic) bond motifs is 1. The van der Waals surface area contributed by atoms with Crippen LogP contribution in [0.1, 0.15) is 11.1 Å². The molecule has 0 amide bonds. The van der Waals surface area contributed by atoms with Gasteiger partial charge in [0.1, 0.15) is 0 Å². The number of nitrogens with zero attached hydrogens (tertiary/aromatic N) is 1. The van der Waals surface area contributed by atoms with Gasteiger partial charge in [-0.2, -0.15) is 26.3 Å². The Kier molecular flexibility index (Phi) is 3.66. The fourth-order valence-corrected chi connectivity index (χ4v) is 2.14. The van der Waals surface area contributed by atoms with Gasteiger partial charge in [-0.15, -0.1) is 0 Å². The third-order valence-corrected chi connectivity index (χ3v) is 3.23. The number of nitrogens with one attached hydrogen (secondary N) is 1. The molecule has 0 unspecified atom stereocenters. The van der Waals surface area contributed by atoms with Gasteiger partial charge in [0, 0.05) is 5.69 Å². The molecule has 0 spiro atoms. The molecule has 24 heavy (non-hydrogen) atoms. The van der Waals surface area contributed by atoms with Crippen molar-refractivity contribution in [2.24, 2.45) is 0 Å². The van der Waals surface area contributed by atoms with E-state index in [2.05, 4.69) is 10.5 Å². The van der Waals surface area contributed by atoms with Crippen LogP contribution in [0.15, 0.2) is 47.0 Å². The highest BCUT2D eigenvalue weighted by atomic mass is 19.4. The SMILES string of the molecule is FC(F)(F)c1cc(Nc2noc3ccccc23)cc(C(F)(F)F)c1. The Balaban J connectivity index is 2.07. The van der Waals surface area contributed by atoms with Gasteiger partial charge in [-0.1, -0.05) is 17.3 Å². The molecule has 0 atom stereocenters. The van der Waals surface area contributed by atoms with Gasteiger partial charge in [-0.25, -0.2) is 0 Å². The zero-order chi connectivity index (χ0) is 17.5. The first-order valence-corrected chi connectivity index (χ1v) is 6.55. The molecule has 1 heterocycles. The first kappa shape index (κ1) is 16.2. The van der Waals surface area contributed by atoms with E-state index in [-0.39, 0.29) is 11.9 Å². The highest BCUT2D eigenvalue weighted by Crippen LogP contribution is 2.38. The van der Waals surface area contributed by atoms with Gasteiger partial charge < -0.3 is 9.84 Å². The summed E-state index contributed by atoms with van der Waals surface area (Å²) in [5, 5.41) is 6.51. The molecule has 126 valence electrons. The highest BCUT2D eigenvalue weighted by Gasteiger charge is 2.37. The number of alkyl halides is 6. The number of hydrogen-bond acceptors (Lipinski definition) is 3. The van der Waals surface area contributed by atoms with Crippen LogP contribution in [-0.2, 0) is 12.4 Å². The van der Waals surface area contributed by atoms with Crippen LogP contribution >= 0.6 is 0 Å². The third-order valence-electron chi connectivity index (χ3n) is 3.23. The average molecular weight is 346 g/mol. The number of benzene rings is 2. The van der Waals surface area contributed by atoms with Crippen molar-refractivity contribution < 1.29 is 30.9 Å². The summed E-state index contributed by atoms with van der Waals surface area (Å²) in [6, 6.07) is 7.66. The fraction of sp³-hybridized carbons (Fsp3) is 0.133. The molecule has 0 saturated heterocycles. The summed E-state index contributed by atoms with van der Waals surface area (Å²) in [5.41, 5.74) is -2.86. The molecule has 9 heteroatoms. The van der Waals surface area contributed by atoms with Crippen LogP contribution in [-0.4, -0.2) is 5.16 Å². The summed E-state index contributed by atoms with van der Waals surface area (Å²) in [4.78, 5) is 0. The normalized spacial score (nSPS) is 12.6. The van der Waals surface area contributed by atoms with Crippen molar-refractivity contribution >= 4 is 22.5 Å². The van der Waals surface area contributed by atoms with Crippen LogP contribution in [0, 0.1) is 0 Å². The Morgan fingerprint density at radius 1 is 0.833 bits per heavy atom. The molecule has 0 bridgehead atoms. The minimum atomic E-state index is -4.91. The second-order valence-corrected chi connectivity index (χ2v) is 4.95. The molecule has 1 N–H and O–H groups in total. The predicted octanol–water partition coefficient (Wildman–Crippen LogP) is 5.61. The lowest BCUT2D eigenvalue weighted by atomic mass is 10.1. The number of aromatic nitrogens is 1. The summed E-state index contributed by atoms with van der Waals surface area (Å²) in [6.07, 6.45) is -9.83. The van der Waals surface area contributed by atoms with Crippen LogP contribution < -0.4 is 5.32 Å². The molecule has 3 rings (SSSR count). The average Bonchev–Trinajstić information content (AvgIpc) is 2.89. The largest absolute Gasteiger partial charge is 0.416 e. The monoisotopic (exact) mass is 346 g/mol. The number of rotatable bonds is 2. The van der Waals surface area contributed by atoms with Crippen molar-refractivity contribution in [2.75, 3.05) is 5.32 Å². The van der Waals surface area contributed by atoms with Crippen molar-refractivity contribution in [1.29, 1.82) is 0 Å². The van der Waals surface area contributed by atoms with E-state index >= 15 is 0 Å². The van der Waals surface area contributed by atoms with E-state index in [9.17, 15) is 26.3 Å². The summed E-state index contributed by atoms with van der Waals surface area (Å²) in [6.45, 7) is 0. The van der Waals surface area contributed by atoms with Crippen molar-refractivity contribution in [3.63, 3.8) is 0 Å². The molecule has 0 saturated carbocycles. The van der Waals surface area contributed by atoms with E-state index in [1.165, 1.54) is 0 Å². The Labute approximate surface area is 130 Å². The number of para-hydroxylation sites is 1. The van der Waals surface area contributed by atoms with Crippen LogP contribution in [0.3, 0.4) is 0 Å². The Morgan fingerprint density at radius 3 is 2.00 bits per heavy atom. The van der Waals surface area contributed by atoms with Crippen LogP contribution in [0.4, 0.5) is 37.8 Å². The van der Waals surface area contributed by atoms with E-state index in [0.717, 1.165) is 0 Å². The van der Waals surface area contributed by atoms with Gasteiger partial charge in [-0.3, -0.25) is 0 Å². The van der Waals surface area contributed by atoms with Crippen molar-refractivity contribution in [3.05, 3.63) is 53.6 Å². The van der Waals surface area contributed by atoms with Crippen molar-refractivity contribution in [1.82, 2.24) is 5.16 Å². The summed E-state index contributed by atoms with van der Waals surface area (Å²) in [7, 11) is 0. The lowest BCUT2D eigenvalue weighted by Gasteiger charge is -2.14. The molecule has 0 fully saturated rings. The maximum Gasteiger partial charge on any atom is 0.416 e. The number of hydrogen-bond donors (Lipinski definition) is 1. The lowest BCUT2D eigenvalue weighted by Crippen LogP contribution is -2.11. The Bertz CT molecular complexity index is 849. The first-order valence-electron chi connectivity index (χ1n) is 6.55. The standard InChI is InChI=1S/C15H8F6N2O/c16-14(17,18)8-5-9(15(19,20)21)7-10(6-8)22-13-11-3-1-2-4-12(11)24-23-13/h1-7H,(H,22,23). The van der Waals surface area contributed by atoms with E-state index in [0.29, 0.717) is 23.1 Å². The fourth-order valence-electron chi connectivity index (χ4n) is 2.14. The zero-order valence-corrected chi connectivity index (χ0v) is 11.7. The second-order valence-electron chi connectivity index (χ2n) is 4.95. The summed E-state index contributed by atoms with van der Waals surface area (Å²) < 4.78 is 82.0. The van der Waals surface area contributed by atoms with Crippen LogP contribution in [0.2, 0.25) is 0 Å². The maximum absolute atomic E-state index is 12.8. The Morgan fingerprint density at radius 2 is 1.42 bits per heavy atom. The van der Waals surface area contributed by atoms with Crippen LogP contribution in [0.5, 0.6) is 0 Å². The molecule has 2 aromatic carbocycles. The van der Waals surface area contributed by atoms with Gasteiger partial charge in [0.25, 0.3) is 0 Å². The minimum Gasteiger partial charge on any atom is -0.354 e. The van der Waals surface area contributed by atoms with Gasteiger partial charge in [0.2, 0.25) is 0 Å². The van der Waals surface area contributed by atoms with E-state index in [1.807, 2.05) is 0 Å². The second kappa shape index (κ2) is 5.43. The molecule has 0 aliphatic carbocycles. The van der Waals surface area contributed by atoms with Crippen LogP contribution in [0.25, 0.3) is 11.0 Å². The summed E-state index contributed by atoms with van der Waals surface area (Å²) >= 11 is 0. The molecule has 3 aromatic rings. The topological polar surface area (TPSA) is 38.1 Å². The molecule has 3 nitrogen and oxygen atoms in total. The molecular weight excluding hydrogens is 338 g/mol. The zero-order valence-electron chi connectivity index (χ0n) is 11.7. The van der Waals surface area contributed by atoms with Gasteiger partial charge in [0.15, 0.2) is 11.4 Å². The van der Waals surface area contributed by atoms with E-state index in [4.69, 9.17) is 4.52 Å².